The second-order valence-electron chi connectivity index (χ2n) is 10.9. The van der Waals surface area contributed by atoms with Crippen molar-refractivity contribution in [3.63, 3.8) is 0 Å². The van der Waals surface area contributed by atoms with Crippen LogP contribution in [0.2, 0.25) is 0 Å². The van der Waals surface area contributed by atoms with Gasteiger partial charge < -0.3 is 56.8 Å². The van der Waals surface area contributed by atoms with Gasteiger partial charge in [-0.2, -0.15) is 0 Å². The molecule has 0 saturated carbocycles. The number of methoxy groups -OCH3 is 8. The zero-order chi connectivity index (χ0) is 36.8. The summed E-state index contributed by atoms with van der Waals surface area (Å²) in [6, 6.07) is 9.28. The maximum absolute atomic E-state index is 13.3. The molecule has 0 radical (unpaired) electrons. The molecule has 0 spiro atoms. The molecule has 17 heteroatoms. The Balaban J connectivity index is 1.56. The number of carbonyl (C=O) groups excluding carboxylic acids is 5. The Labute approximate surface area is 286 Å². The molecule has 0 bridgehead atoms. The van der Waals surface area contributed by atoms with Crippen LogP contribution < -0.4 is 18.9 Å². The van der Waals surface area contributed by atoms with Crippen molar-refractivity contribution in [2.24, 2.45) is 0 Å². The Hall–Kier alpha value is -4.97. The van der Waals surface area contributed by atoms with Crippen LogP contribution in [0.4, 0.5) is 0 Å². The minimum Gasteiger partial charge on any atom is -0.467 e. The summed E-state index contributed by atoms with van der Waals surface area (Å²) in [4.78, 5) is 64.0. The number of ketones is 1. The monoisotopic (exact) mass is 706 g/mol. The van der Waals surface area contributed by atoms with Crippen molar-refractivity contribution in [2.75, 3.05) is 56.9 Å². The van der Waals surface area contributed by atoms with E-state index in [9.17, 15) is 24.0 Å². The predicted octanol–water partition coefficient (Wildman–Crippen LogP) is 0.728. The largest absolute Gasteiger partial charge is 0.467 e. The van der Waals surface area contributed by atoms with Crippen LogP contribution in [-0.2, 0) is 74.7 Å². The first kappa shape index (κ1) is 37.8. The molecule has 4 atom stereocenters. The lowest BCUT2D eigenvalue weighted by atomic mass is 10.0. The van der Waals surface area contributed by atoms with E-state index in [2.05, 4.69) is 0 Å². The summed E-state index contributed by atoms with van der Waals surface area (Å²) in [5.74, 6) is -7.72. The Morgan fingerprint density at radius 1 is 0.480 bits per heavy atom. The number of fused-ring (bicyclic) bond motifs is 2. The molecule has 50 heavy (non-hydrogen) atoms. The van der Waals surface area contributed by atoms with Crippen LogP contribution in [0.25, 0.3) is 0 Å². The van der Waals surface area contributed by atoms with Gasteiger partial charge in [0.05, 0.1) is 28.4 Å². The molecular weight excluding hydrogens is 668 g/mol. The molecule has 2 aliphatic rings. The van der Waals surface area contributed by atoms with E-state index in [4.69, 9.17) is 56.8 Å². The first-order chi connectivity index (χ1) is 23.9. The number of rotatable bonds is 16. The van der Waals surface area contributed by atoms with Crippen molar-refractivity contribution < 1.29 is 80.8 Å². The van der Waals surface area contributed by atoms with Crippen LogP contribution in [0.3, 0.4) is 0 Å². The predicted molar refractivity (Wildman–Crippen MR) is 165 cm³/mol. The van der Waals surface area contributed by atoms with Crippen LogP contribution in [0.5, 0.6) is 23.0 Å². The highest BCUT2D eigenvalue weighted by Crippen LogP contribution is 2.46. The van der Waals surface area contributed by atoms with Crippen molar-refractivity contribution in [1.82, 2.24) is 0 Å². The number of Topliss-reactive ketones (excluding diaryl/α,β-unsaturated/α-hetero) is 1. The molecule has 0 aliphatic carbocycles. The molecule has 0 amide bonds. The number of ether oxygens (including phenoxy) is 12. The zero-order valence-electron chi connectivity index (χ0n) is 28.6. The molecule has 0 fully saturated rings. The molecule has 2 heterocycles. The van der Waals surface area contributed by atoms with Crippen molar-refractivity contribution in [3.8, 4) is 23.0 Å². The summed E-state index contributed by atoms with van der Waals surface area (Å²) < 4.78 is 64.8. The van der Waals surface area contributed by atoms with Gasteiger partial charge in [0.1, 0.15) is 5.78 Å². The van der Waals surface area contributed by atoms with Gasteiger partial charge in [0.15, 0.2) is 23.0 Å². The van der Waals surface area contributed by atoms with Crippen LogP contribution >= 0.6 is 0 Å². The van der Waals surface area contributed by atoms with Crippen LogP contribution in [0.1, 0.15) is 11.1 Å². The molecule has 0 N–H and O–H groups in total. The molecule has 0 saturated heterocycles. The number of hydrogen-bond acceptors (Lipinski definition) is 17. The van der Waals surface area contributed by atoms with Crippen LogP contribution in [-0.4, -0.2) is 123 Å². The van der Waals surface area contributed by atoms with Crippen molar-refractivity contribution in [1.29, 1.82) is 0 Å². The normalized spacial score (nSPS) is 21.0. The van der Waals surface area contributed by atoms with E-state index in [1.165, 1.54) is 52.7 Å². The SMILES string of the molecule is COC(=O)C(OC)C1(C(OC)C(=O)OC)Oc2ccc(CC(=O)Cc3ccc4c(c3)OC(C(OC)C(=O)OC)(C(OC)C(=O)OC)O4)cc2O1. The summed E-state index contributed by atoms with van der Waals surface area (Å²) in [6.45, 7) is 0. The van der Waals surface area contributed by atoms with Gasteiger partial charge >= 0.3 is 35.5 Å². The van der Waals surface area contributed by atoms with Gasteiger partial charge in [-0.05, 0) is 35.4 Å². The molecule has 2 aromatic rings. The van der Waals surface area contributed by atoms with Gasteiger partial charge in [-0.3, -0.25) is 4.79 Å². The minimum absolute atomic E-state index is 0.0698. The Kier molecular flexibility index (Phi) is 11.9. The fourth-order valence-electron chi connectivity index (χ4n) is 5.73. The van der Waals surface area contributed by atoms with Crippen LogP contribution in [0.15, 0.2) is 36.4 Å². The van der Waals surface area contributed by atoms with Gasteiger partial charge in [-0.25, -0.2) is 19.2 Å². The van der Waals surface area contributed by atoms with Gasteiger partial charge in [0, 0.05) is 41.3 Å². The highest BCUT2D eigenvalue weighted by Gasteiger charge is 2.64. The number of carbonyl (C=O) groups is 5. The third-order valence-electron chi connectivity index (χ3n) is 7.96. The van der Waals surface area contributed by atoms with E-state index in [0.717, 1.165) is 28.4 Å². The Morgan fingerprint density at radius 3 is 1.02 bits per heavy atom. The minimum atomic E-state index is -2.16. The van der Waals surface area contributed by atoms with Gasteiger partial charge in [-0.15, -0.1) is 0 Å². The summed E-state index contributed by atoms with van der Waals surface area (Å²) in [6.07, 6.45) is -6.48. The standard InChI is InChI=1S/C33H38O17/c1-39-24(28(35)43-5)32(25(40-2)29(36)44-6)47-20-11-9-17(15-22(20)49-32)13-19(34)14-18-10-12-21-23(16-18)50-33(48-21,26(41-3)30(37)45-7)27(42-4)31(38)46-8/h9-12,15-16,24-27H,13-14H2,1-8H3. The number of esters is 4. The van der Waals surface area contributed by atoms with E-state index in [1.807, 2.05) is 0 Å². The Bertz CT molecular complexity index is 1440. The molecule has 2 aliphatic heterocycles. The first-order valence-electron chi connectivity index (χ1n) is 14.9. The molecule has 17 nitrogen and oxygen atoms in total. The quantitative estimate of drug-likeness (QED) is 0.175. The zero-order valence-corrected chi connectivity index (χ0v) is 28.6. The molecular formula is C33H38O17. The third kappa shape index (κ3) is 6.89. The summed E-state index contributed by atoms with van der Waals surface area (Å²) in [5, 5.41) is 0. The first-order valence-corrected chi connectivity index (χ1v) is 14.9. The molecule has 4 rings (SSSR count). The van der Waals surface area contributed by atoms with Crippen molar-refractivity contribution >= 4 is 29.7 Å². The third-order valence-corrected chi connectivity index (χ3v) is 7.96. The highest BCUT2D eigenvalue weighted by molar-refractivity contribution is 5.85. The summed E-state index contributed by atoms with van der Waals surface area (Å²) in [5.41, 5.74) is 1.02. The Morgan fingerprint density at radius 2 is 0.760 bits per heavy atom. The molecule has 2 aromatic carbocycles. The number of hydrogen-bond donors (Lipinski definition) is 0. The van der Waals surface area contributed by atoms with Gasteiger partial charge in [-0.1, -0.05) is 12.1 Å². The van der Waals surface area contributed by atoms with Crippen molar-refractivity contribution in [3.05, 3.63) is 47.5 Å². The van der Waals surface area contributed by atoms with Gasteiger partial charge in [0.2, 0.25) is 24.4 Å². The fraction of sp³-hybridized carbons (Fsp3) is 0.485. The maximum Gasteiger partial charge on any atom is 0.343 e. The number of benzene rings is 2. The van der Waals surface area contributed by atoms with E-state index < -0.39 is 59.9 Å². The van der Waals surface area contributed by atoms with Crippen molar-refractivity contribution in [2.45, 2.75) is 48.8 Å². The summed E-state index contributed by atoms with van der Waals surface area (Å²) in [7, 11) is 9.31. The summed E-state index contributed by atoms with van der Waals surface area (Å²) >= 11 is 0. The lowest BCUT2D eigenvalue weighted by molar-refractivity contribution is -0.242. The van der Waals surface area contributed by atoms with E-state index >= 15 is 0 Å². The average Bonchev–Trinajstić information content (AvgIpc) is 3.67. The molecule has 4 unspecified atom stereocenters. The fourth-order valence-corrected chi connectivity index (χ4v) is 5.73. The van der Waals surface area contributed by atoms with E-state index in [0.29, 0.717) is 11.1 Å². The average molecular weight is 707 g/mol. The smallest absolute Gasteiger partial charge is 0.343 e. The second kappa shape index (κ2) is 15.7. The highest BCUT2D eigenvalue weighted by atomic mass is 16.8. The van der Waals surface area contributed by atoms with E-state index in [-0.39, 0.29) is 41.6 Å². The molecule has 0 aromatic heterocycles. The van der Waals surface area contributed by atoms with Gasteiger partial charge in [0.25, 0.3) is 0 Å². The van der Waals surface area contributed by atoms with Crippen LogP contribution in [0, 0.1) is 0 Å². The lowest BCUT2D eigenvalue weighted by Gasteiger charge is -2.36. The maximum atomic E-state index is 13.3. The lowest BCUT2D eigenvalue weighted by Crippen LogP contribution is -2.65. The van der Waals surface area contributed by atoms with E-state index in [1.54, 1.807) is 12.1 Å². The topological polar surface area (TPSA) is 196 Å². The second-order valence-corrected chi connectivity index (χ2v) is 10.9. The molecule has 272 valence electrons.